The maximum Gasteiger partial charge on any atom is 0.251 e. The Morgan fingerprint density at radius 2 is 1.97 bits per heavy atom. The molecule has 0 bridgehead atoms. The van der Waals surface area contributed by atoms with Crippen LogP contribution in [-0.4, -0.2) is 18.4 Å². The molecule has 3 rings (SSSR count). The summed E-state index contributed by atoms with van der Waals surface area (Å²) in [6.45, 7) is 0.765. The van der Waals surface area contributed by atoms with Gasteiger partial charge in [0.2, 0.25) is 5.91 Å². The van der Waals surface area contributed by atoms with Crippen LogP contribution in [0.1, 0.15) is 35.2 Å². The van der Waals surface area contributed by atoms with Gasteiger partial charge in [-0.3, -0.25) is 9.59 Å². The van der Waals surface area contributed by atoms with Crippen LogP contribution in [0.5, 0.6) is 5.75 Å². The van der Waals surface area contributed by atoms with Crippen LogP contribution in [-0.2, 0) is 11.2 Å². The van der Waals surface area contributed by atoms with Gasteiger partial charge in [-0.2, -0.15) is 0 Å². The molecule has 1 aliphatic rings. The minimum absolute atomic E-state index is 0.330. The number of anilines is 1. The van der Waals surface area contributed by atoms with Crippen molar-refractivity contribution in [3.63, 3.8) is 0 Å². The van der Waals surface area contributed by atoms with E-state index in [0.29, 0.717) is 22.9 Å². The van der Waals surface area contributed by atoms with Crippen molar-refractivity contribution in [1.29, 1.82) is 0 Å². The summed E-state index contributed by atoms with van der Waals surface area (Å²) in [5.74, 6) is 0.362. The van der Waals surface area contributed by atoms with Crippen molar-refractivity contribution < 1.29 is 14.3 Å². The molecule has 0 aliphatic heterocycles. The van der Waals surface area contributed by atoms with Gasteiger partial charge < -0.3 is 21.5 Å². The number of hydrogen-bond donors (Lipinski definition) is 3. The van der Waals surface area contributed by atoms with Gasteiger partial charge in [-0.25, -0.2) is 0 Å². The average Bonchev–Trinajstić information content (AvgIpc) is 2.75. The lowest BCUT2D eigenvalue weighted by atomic mass is 9.87. The number of rotatable bonds is 8. The predicted octanol–water partition coefficient (Wildman–Crippen LogP) is 3.54. The van der Waals surface area contributed by atoms with Gasteiger partial charge >= 0.3 is 0 Å². The molecule has 0 saturated heterocycles. The molecular weight excluding hydrogens is 378 g/mol. The molecule has 5 N–H and O–H groups in total. The number of carbonyl (C=O) groups is 2. The van der Waals surface area contributed by atoms with Gasteiger partial charge in [0.05, 0.1) is 6.26 Å². The first kappa shape index (κ1) is 21.3. The number of nitrogens with two attached hydrogens (primary N) is 2. The second-order valence-corrected chi connectivity index (χ2v) is 7.41. The van der Waals surface area contributed by atoms with Crippen molar-refractivity contribution in [2.75, 3.05) is 11.9 Å². The molecule has 0 fully saturated rings. The van der Waals surface area contributed by atoms with Gasteiger partial charge in [-0.1, -0.05) is 29.8 Å². The van der Waals surface area contributed by atoms with Crippen LogP contribution in [0.4, 0.5) is 5.69 Å². The number of hydrogen-bond acceptors (Lipinski definition) is 4. The first-order valence-electron chi connectivity index (χ1n) is 10.0. The molecule has 0 aromatic heterocycles. The minimum atomic E-state index is -0.548. The molecule has 2 amide bonds. The molecule has 0 radical (unpaired) electrons. The Morgan fingerprint density at radius 1 is 1.17 bits per heavy atom. The zero-order chi connectivity index (χ0) is 21.3. The van der Waals surface area contributed by atoms with Crippen molar-refractivity contribution >= 4 is 17.5 Å². The van der Waals surface area contributed by atoms with Crippen LogP contribution >= 0.6 is 0 Å². The van der Waals surface area contributed by atoms with Gasteiger partial charge in [0, 0.05) is 17.3 Å². The van der Waals surface area contributed by atoms with E-state index in [-0.39, 0.29) is 5.91 Å². The Hall–Kier alpha value is -3.38. The summed E-state index contributed by atoms with van der Waals surface area (Å²) < 4.78 is 5.51. The molecule has 1 aliphatic carbocycles. The number of allylic oxidation sites excluding steroid dienone is 2. The molecule has 0 spiro atoms. The molecule has 6 nitrogen and oxygen atoms in total. The largest absolute Gasteiger partial charge is 0.465 e. The highest BCUT2D eigenvalue weighted by Crippen LogP contribution is 2.25. The summed E-state index contributed by atoms with van der Waals surface area (Å²) in [6, 6.07) is 14.3. The van der Waals surface area contributed by atoms with Crippen molar-refractivity contribution in [3.05, 3.63) is 83.6 Å². The summed E-state index contributed by atoms with van der Waals surface area (Å²) in [7, 11) is 0. The Morgan fingerprint density at radius 3 is 2.63 bits per heavy atom. The first-order valence-corrected chi connectivity index (χ1v) is 10.0. The van der Waals surface area contributed by atoms with Gasteiger partial charge in [0.1, 0.15) is 5.75 Å². The van der Waals surface area contributed by atoms with Gasteiger partial charge in [-0.05, 0) is 74.0 Å². The Kier molecular flexibility index (Phi) is 7.40. The first-order chi connectivity index (χ1) is 14.5. The normalized spacial score (nSPS) is 16.2. The van der Waals surface area contributed by atoms with Gasteiger partial charge in [0.15, 0.2) is 0 Å². The number of ether oxygens (including phenoxy) is 1. The minimum Gasteiger partial charge on any atom is -0.465 e. The van der Waals surface area contributed by atoms with Crippen LogP contribution in [0.25, 0.3) is 0 Å². The summed E-state index contributed by atoms with van der Waals surface area (Å²) in [5, 5.41) is 2.66. The fourth-order valence-corrected chi connectivity index (χ4v) is 3.37. The molecule has 2 aromatic carbocycles. The fraction of sp³-hybridized carbons (Fsp3) is 0.250. The number of amides is 2. The Labute approximate surface area is 176 Å². The molecular formula is C24H27N3O3. The van der Waals surface area contributed by atoms with Crippen LogP contribution < -0.4 is 21.5 Å². The SMILES string of the molecule is NCC1CC=C(Cc2ccc(O/C=C/C(=O)Nc3cccc(C(N)=O)c3)cc2)CC1. The van der Waals surface area contributed by atoms with Crippen molar-refractivity contribution in [2.24, 2.45) is 17.4 Å². The Balaban J connectivity index is 1.48. The summed E-state index contributed by atoms with van der Waals surface area (Å²) in [5.41, 5.74) is 14.5. The van der Waals surface area contributed by atoms with E-state index in [1.54, 1.807) is 18.2 Å². The summed E-state index contributed by atoms with van der Waals surface area (Å²) in [4.78, 5) is 23.2. The van der Waals surface area contributed by atoms with Crippen LogP contribution in [0.3, 0.4) is 0 Å². The number of nitrogens with one attached hydrogen (secondary N) is 1. The van der Waals surface area contributed by atoms with Crippen LogP contribution in [0, 0.1) is 5.92 Å². The third-order valence-electron chi connectivity index (χ3n) is 5.14. The van der Waals surface area contributed by atoms with Gasteiger partial charge in [-0.15, -0.1) is 0 Å². The second-order valence-electron chi connectivity index (χ2n) is 7.41. The highest BCUT2D eigenvalue weighted by molar-refractivity contribution is 6.00. The molecule has 0 heterocycles. The highest BCUT2D eigenvalue weighted by Gasteiger charge is 2.13. The lowest BCUT2D eigenvalue weighted by molar-refractivity contribution is -0.112. The molecule has 6 heteroatoms. The van der Waals surface area contributed by atoms with Crippen LogP contribution in [0.15, 0.2) is 72.5 Å². The maximum absolute atomic E-state index is 12.0. The third kappa shape index (κ3) is 6.32. The van der Waals surface area contributed by atoms with E-state index < -0.39 is 5.91 Å². The molecule has 30 heavy (non-hydrogen) atoms. The van der Waals surface area contributed by atoms with E-state index in [4.69, 9.17) is 16.2 Å². The quantitative estimate of drug-likeness (QED) is 0.355. The van der Waals surface area contributed by atoms with Crippen LogP contribution in [0.2, 0.25) is 0 Å². The van der Waals surface area contributed by atoms with E-state index in [1.807, 2.05) is 24.3 Å². The molecule has 0 saturated carbocycles. The van der Waals surface area contributed by atoms with E-state index in [2.05, 4.69) is 11.4 Å². The number of benzene rings is 2. The standard InChI is InChI=1S/C24H27N3O3/c25-16-19-6-4-17(5-7-19)14-18-8-10-22(11-9-18)30-13-12-23(28)27-21-3-1-2-20(15-21)24(26)29/h1-4,8-13,15,19H,5-7,14,16,25H2,(H2,26,29)(H,27,28)/b13-12+. The average molecular weight is 405 g/mol. The lowest BCUT2D eigenvalue weighted by Gasteiger charge is -2.20. The van der Waals surface area contributed by atoms with Gasteiger partial charge in [0.25, 0.3) is 5.91 Å². The van der Waals surface area contributed by atoms with Crippen molar-refractivity contribution in [1.82, 2.24) is 0 Å². The smallest absolute Gasteiger partial charge is 0.251 e. The summed E-state index contributed by atoms with van der Waals surface area (Å²) in [6.07, 6.45) is 9.24. The van der Waals surface area contributed by atoms with E-state index >= 15 is 0 Å². The van der Waals surface area contributed by atoms with E-state index in [9.17, 15) is 9.59 Å². The zero-order valence-electron chi connectivity index (χ0n) is 16.8. The van der Waals surface area contributed by atoms with E-state index in [0.717, 1.165) is 25.8 Å². The monoisotopic (exact) mass is 405 g/mol. The third-order valence-corrected chi connectivity index (χ3v) is 5.14. The zero-order valence-corrected chi connectivity index (χ0v) is 16.8. The fourth-order valence-electron chi connectivity index (χ4n) is 3.37. The van der Waals surface area contributed by atoms with Crippen molar-refractivity contribution in [3.8, 4) is 5.75 Å². The predicted molar refractivity (Wildman–Crippen MR) is 118 cm³/mol. The number of carbonyl (C=O) groups excluding carboxylic acids is 2. The molecule has 2 aromatic rings. The maximum atomic E-state index is 12.0. The van der Waals surface area contributed by atoms with Crippen molar-refractivity contribution in [2.45, 2.75) is 25.7 Å². The highest BCUT2D eigenvalue weighted by atomic mass is 16.5. The molecule has 1 atom stereocenters. The number of primary amides is 1. The topological polar surface area (TPSA) is 107 Å². The lowest BCUT2D eigenvalue weighted by Crippen LogP contribution is -2.16. The molecule has 156 valence electrons. The summed E-state index contributed by atoms with van der Waals surface area (Å²) >= 11 is 0. The second kappa shape index (κ2) is 10.4. The van der Waals surface area contributed by atoms with E-state index in [1.165, 1.54) is 36.0 Å². The molecule has 1 unspecified atom stereocenters. The Bertz CT molecular complexity index is 948.